The van der Waals surface area contributed by atoms with Crippen LogP contribution >= 0.6 is 0 Å². The number of sulfonamides is 1. The highest BCUT2D eigenvalue weighted by atomic mass is 32.2. The molecular weight excluding hydrogens is 366 g/mol. The number of aromatic amines is 1. The summed E-state index contributed by atoms with van der Waals surface area (Å²) in [6.07, 6.45) is 0.678. The van der Waals surface area contributed by atoms with E-state index in [1.807, 2.05) is 19.9 Å². The minimum absolute atomic E-state index is 0.0932. The van der Waals surface area contributed by atoms with Crippen molar-refractivity contribution in [3.05, 3.63) is 63.1 Å². The van der Waals surface area contributed by atoms with Gasteiger partial charge in [-0.05, 0) is 63.1 Å². The number of aromatic nitrogens is 1. The molecule has 0 saturated heterocycles. The van der Waals surface area contributed by atoms with Crippen molar-refractivity contribution in [3.8, 4) is 0 Å². The van der Waals surface area contributed by atoms with E-state index in [1.54, 1.807) is 13.8 Å². The van der Waals surface area contributed by atoms with Crippen molar-refractivity contribution in [2.45, 2.75) is 51.6 Å². The quantitative estimate of drug-likeness (QED) is 0.671. The van der Waals surface area contributed by atoms with Crippen molar-refractivity contribution in [2.75, 3.05) is 0 Å². The molecule has 146 valence electrons. The molecule has 0 aliphatic carbocycles. The Bertz CT molecular complexity index is 979. The first-order valence-corrected chi connectivity index (χ1v) is 10.2. The number of carbonyl (C=O) groups is 1. The van der Waals surface area contributed by atoms with Crippen LogP contribution in [0.1, 0.15) is 47.4 Å². The summed E-state index contributed by atoms with van der Waals surface area (Å²) in [6, 6.07) is 7.35. The van der Waals surface area contributed by atoms with Crippen LogP contribution in [0.3, 0.4) is 0 Å². The van der Waals surface area contributed by atoms with Gasteiger partial charge in [-0.15, -0.1) is 0 Å². The first kappa shape index (κ1) is 20.9. The van der Waals surface area contributed by atoms with Gasteiger partial charge in [-0.1, -0.05) is 6.92 Å². The Morgan fingerprint density at radius 1 is 1.19 bits per heavy atom. The van der Waals surface area contributed by atoms with E-state index in [0.29, 0.717) is 17.5 Å². The number of rotatable bonds is 7. The largest absolute Gasteiger partial charge is 0.348 e. The van der Waals surface area contributed by atoms with Gasteiger partial charge in [-0.2, -0.15) is 0 Å². The predicted molar refractivity (Wildman–Crippen MR) is 104 cm³/mol. The van der Waals surface area contributed by atoms with Crippen LogP contribution in [-0.2, 0) is 16.6 Å². The molecule has 8 heteroatoms. The lowest BCUT2D eigenvalue weighted by atomic mass is 10.1. The Hall–Kier alpha value is -2.45. The van der Waals surface area contributed by atoms with E-state index >= 15 is 0 Å². The first-order chi connectivity index (χ1) is 12.6. The van der Waals surface area contributed by atoms with E-state index < -0.39 is 10.0 Å². The molecule has 0 aliphatic rings. The van der Waals surface area contributed by atoms with Crippen molar-refractivity contribution in [1.82, 2.24) is 15.0 Å². The SMILES string of the molecule is CCC(C)NS(=O)(=O)c1ccc(C(=O)NCc2c(C)cc(C)[nH]c2=O)cc1. The second-order valence-corrected chi connectivity index (χ2v) is 8.29. The molecule has 0 fully saturated rings. The second-order valence-electron chi connectivity index (χ2n) is 6.58. The fourth-order valence-electron chi connectivity index (χ4n) is 2.57. The van der Waals surface area contributed by atoms with Crippen molar-refractivity contribution >= 4 is 15.9 Å². The Kier molecular flexibility index (Phi) is 6.56. The zero-order valence-corrected chi connectivity index (χ0v) is 16.7. The van der Waals surface area contributed by atoms with E-state index in [2.05, 4.69) is 15.0 Å². The van der Waals surface area contributed by atoms with Crippen LogP contribution in [0, 0.1) is 13.8 Å². The summed E-state index contributed by atoms with van der Waals surface area (Å²) in [5, 5.41) is 2.69. The third-order valence-corrected chi connectivity index (χ3v) is 5.92. The normalized spacial score (nSPS) is 12.6. The topological polar surface area (TPSA) is 108 Å². The Morgan fingerprint density at radius 2 is 1.81 bits per heavy atom. The number of hydrogen-bond donors (Lipinski definition) is 3. The molecule has 2 rings (SSSR count). The third-order valence-electron chi connectivity index (χ3n) is 4.32. The number of carbonyl (C=O) groups excluding carboxylic acids is 1. The van der Waals surface area contributed by atoms with Crippen molar-refractivity contribution in [2.24, 2.45) is 0 Å². The lowest BCUT2D eigenvalue weighted by Gasteiger charge is -2.12. The summed E-state index contributed by atoms with van der Waals surface area (Å²) in [5.74, 6) is -0.381. The maximum absolute atomic E-state index is 12.3. The molecule has 0 radical (unpaired) electrons. The monoisotopic (exact) mass is 391 g/mol. The van der Waals surface area contributed by atoms with E-state index in [4.69, 9.17) is 0 Å². The van der Waals surface area contributed by atoms with Gasteiger partial charge in [0, 0.05) is 29.4 Å². The predicted octanol–water partition coefficient (Wildman–Crippen LogP) is 2.00. The van der Waals surface area contributed by atoms with E-state index in [1.165, 1.54) is 24.3 Å². The lowest BCUT2D eigenvalue weighted by molar-refractivity contribution is 0.0950. The second kappa shape index (κ2) is 8.49. The van der Waals surface area contributed by atoms with Crippen LogP contribution in [0.5, 0.6) is 0 Å². The van der Waals surface area contributed by atoms with Crippen molar-refractivity contribution in [1.29, 1.82) is 0 Å². The number of benzene rings is 1. The molecular formula is C19H25N3O4S. The third kappa shape index (κ3) is 5.27. The van der Waals surface area contributed by atoms with Gasteiger partial charge in [-0.25, -0.2) is 13.1 Å². The molecule has 1 atom stereocenters. The summed E-state index contributed by atoms with van der Waals surface area (Å²) in [4.78, 5) is 27.1. The highest BCUT2D eigenvalue weighted by Gasteiger charge is 2.17. The minimum Gasteiger partial charge on any atom is -0.348 e. The van der Waals surface area contributed by atoms with Gasteiger partial charge in [0.25, 0.3) is 11.5 Å². The number of aryl methyl sites for hydroxylation is 2. The molecule has 0 saturated carbocycles. The Balaban J connectivity index is 2.09. The van der Waals surface area contributed by atoms with E-state index in [0.717, 1.165) is 11.3 Å². The van der Waals surface area contributed by atoms with Gasteiger partial charge in [0.15, 0.2) is 0 Å². The molecule has 0 aliphatic heterocycles. The van der Waals surface area contributed by atoms with Crippen molar-refractivity contribution < 1.29 is 13.2 Å². The maximum atomic E-state index is 12.3. The molecule has 1 unspecified atom stereocenters. The highest BCUT2D eigenvalue weighted by Crippen LogP contribution is 2.12. The van der Waals surface area contributed by atoms with Crippen LogP contribution in [0.15, 0.2) is 40.0 Å². The van der Waals surface area contributed by atoms with Gasteiger partial charge < -0.3 is 10.3 Å². The fraction of sp³-hybridized carbons (Fsp3) is 0.368. The number of hydrogen-bond acceptors (Lipinski definition) is 4. The molecule has 27 heavy (non-hydrogen) atoms. The molecule has 1 amide bonds. The summed E-state index contributed by atoms with van der Waals surface area (Å²) >= 11 is 0. The highest BCUT2D eigenvalue weighted by molar-refractivity contribution is 7.89. The number of nitrogens with one attached hydrogen (secondary N) is 3. The maximum Gasteiger partial charge on any atom is 0.253 e. The van der Waals surface area contributed by atoms with Crippen LogP contribution < -0.4 is 15.6 Å². The molecule has 1 aromatic heterocycles. The average Bonchev–Trinajstić information content (AvgIpc) is 2.60. The fourth-order valence-corrected chi connectivity index (χ4v) is 3.90. The molecule has 0 spiro atoms. The zero-order valence-electron chi connectivity index (χ0n) is 15.9. The van der Waals surface area contributed by atoms with Gasteiger partial charge in [0.1, 0.15) is 0 Å². The van der Waals surface area contributed by atoms with E-state index in [9.17, 15) is 18.0 Å². The van der Waals surface area contributed by atoms with Crippen LogP contribution in [0.25, 0.3) is 0 Å². The summed E-state index contributed by atoms with van der Waals surface area (Å²) in [6.45, 7) is 7.38. The zero-order chi connectivity index (χ0) is 20.2. The van der Waals surface area contributed by atoms with Gasteiger partial charge in [0.2, 0.25) is 10.0 Å². The van der Waals surface area contributed by atoms with Crippen LogP contribution in [-0.4, -0.2) is 25.4 Å². The Morgan fingerprint density at radius 3 is 2.37 bits per heavy atom. The van der Waals surface area contributed by atoms with E-state index in [-0.39, 0.29) is 28.9 Å². The van der Waals surface area contributed by atoms with Crippen molar-refractivity contribution in [3.63, 3.8) is 0 Å². The molecule has 0 bridgehead atoms. The molecule has 2 aromatic rings. The van der Waals surface area contributed by atoms with Crippen LogP contribution in [0.2, 0.25) is 0 Å². The Labute approximate surface area is 159 Å². The molecule has 1 aromatic carbocycles. The number of pyridine rings is 1. The lowest BCUT2D eigenvalue weighted by Crippen LogP contribution is -2.32. The summed E-state index contributed by atoms with van der Waals surface area (Å²) in [5.41, 5.74) is 2.14. The van der Waals surface area contributed by atoms with Gasteiger partial charge in [0.05, 0.1) is 4.90 Å². The average molecular weight is 391 g/mol. The van der Waals surface area contributed by atoms with Gasteiger partial charge >= 0.3 is 0 Å². The smallest absolute Gasteiger partial charge is 0.253 e. The number of amides is 1. The summed E-state index contributed by atoms with van der Waals surface area (Å²) in [7, 11) is -3.61. The molecule has 3 N–H and O–H groups in total. The minimum atomic E-state index is -3.61. The summed E-state index contributed by atoms with van der Waals surface area (Å²) < 4.78 is 27.1. The number of H-pyrrole nitrogens is 1. The molecule has 1 heterocycles. The first-order valence-electron chi connectivity index (χ1n) is 8.74. The van der Waals surface area contributed by atoms with Gasteiger partial charge in [-0.3, -0.25) is 9.59 Å². The molecule has 7 nitrogen and oxygen atoms in total. The van der Waals surface area contributed by atoms with Crippen LogP contribution in [0.4, 0.5) is 0 Å². The standard InChI is InChI=1S/C19H25N3O4S/c1-5-13(3)22-27(25,26)16-8-6-15(7-9-16)18(23)20-11-17-12(2)10-14(4)21-19(17)24/h6-10,13,22H,5,11H2,1-4H3,(H,20,23)(H,21,24).